The Morgan fingerprint density at radius 1 is 1.47 bits per heavy atom. The van der Waals surface area contributed by atoms with Crippen molar-refractivity contribution >= 4 is 5.69 Å². The molecule has 4 heteroatoms. The van der Waals surface area contributed by atoms with Gasteiger partial charge in [0.25, 0.3) is 0 Å². The average molecular weight is 213 g/mol. The zero-order valence-corrected chi connectivity index (χ0v) is 8.43. The van der Waals surface area contributed by atoms with Gasteiger partial charge in [0.2, 0.25) is 0 Å². The lowest BCUT2D eigenvalue weighted by Gasteiger charge is -2.43. The van der Waals surface area contributed by atoms with Crippen LogP contribution in [0.15, 0.2) is 18.2 Å². The Labute approximate surface area is 86.9 Å². The predicted molar refractivity (Wildman–Crippen MR) is 53.6 cm³/mol. The highest BCUT2D eigenvalue weighted by atomic mass is 19.1. The van der Waals surface area contributed by atoms with Crippen LogP contribution in [0.5, 0.6) is 0 Å². The minimum Gasteiger partial charge on any atom is -0.388 e. The lowest BCUT2D eigenvalue weighted by molar-refractivity contribution is -0.0287. The molecule has 1 aromatic carbocycles. The summed E-state index contributed by atoms with van der Waals surface area (Å²) in [6.45, 7) is 1.69. The van der Waals surface area contributed by atoms with Gasteiger partial charge >= 0.3 is 0 Å². The van der Waals surface area contributed by atoms with E-state index in [1.165, 1.54) is 0 Å². The summed E-state index contributed by atoms with van der Waals surface area (Å²) in [5, 5.41) is 12.5. The van der Waals surface area contributed by atoms with Gasteiger partial charge < -0.3 is 10.4 Å². The van der Waals surface area contributed by atoms with Crippen molar-refractivity contribution in [3.8, 4) is 0 Å². The number of hydrogen-bond acceptors (Lipinski definition) is 2. The summed E-state index contributed by atoms with van der Waals surface area (Å²) in [5.74, 6) is -0.989. The van der Waals surface area contributed by atoms with Crippen LogP contribution in [0, 0.1) is 11.6 Å². The van der Waals surface area contributed by atoms with Crippen molar-refractivity contribution in [1.82, 2.24) is 0 Å². The molecule has 2 nitrogen and oxygen atoms in total. The Morgan fingerprint density at radius 3 is 2.73 bits per heavy atom. The third-order valence-corrected chi connectivity index (χ3v) is 2.95. The zero-order valence-electron chi connectivity index (χ0n) is 8.43. The topological polar surface area (TPSA) is 32.3 Å². The van der Waals surface area contributed by atoms with Crippen molar-refractivity contribution in [3.05, 3.63) is 29.8 Å². The number of hydrogen-bond donors (Lipinski definition) is 2. The van der Waals surface area contributed by atoms with Crippen LogP contribution in [0.1, 0.15) is 19.8 Å². The maximum Gasteiger partial charge on any atom is 0.146 e. The van der Waals surface area contributed by atoms with Gasteiger partial charge in [0.1, 0.15) is 11.6 Å². The van der Waals surface area contributed by atoms with Crippen LogP contribution in [0.2, 0.25) is 0 Å². The van der Waals surface area contributed by atoms with Gasteiger partial charge in [-0.3, -0.25) is 0 Å². The highest BCUT2D eigenvalue weighted by molar-refractivity contribution is 5.47. The molecule has 1 aromatic rings. The number of anilines is 1. The minimum atomic E-state index is -0.821. The molecule has 1 fully saturated rings. The second kappa shape index (κ2) is 3.45. The second-order valence-electron chi connectivity index (χ2n) is 4.22. The monoisotopic (exact) mass is 213 g/mol. The smallest absolute Gasteiger partial charge is 0.146 e. The van der Waals surface area contributed by atoms with Crippen molar-refractivity contribution < 1.29 is 13.9 Å². The lowest BCUT2D eigenvalue weighted by Crippen LogP contribution is -2.53. The number of halogens is 2. The summed E-state index contributed by atoms with van der Waals surface area (Å²) < 4.78 is 26.1. The molecule has 82 valence electrons. The molecule has 0 aromatic heterocycles. The molecule has 0 aliphatic heterocycles. The van der Waals surface area contributed by atoms with Gasteiger partial charge in [-0.05, 0) is 38.0 Å². The van der Waals surface area contributed by atoms with Gasteiger partial charge in [-0.2, -0.15) is 0 Å². The van der Waals surface area contributed by atoms with E-state index in [0.717, 1.165) is 24.6 Å². The molecular weight excluding hydrogens is 200 g/mol. The van der Waals surface area contributed by atoms with E-state index in [-0.39, 0.29) is 11.7 Å². The van der Waals surface area contributed by atoms with E-state index in [1.54, 1.807) is 6.92 Å². The third kappa shape index (κ3) is 1.95. The van der Waals surface area contributed by atoms with Crippen molar-refractivity contribution in [2.24, 2.45) is 0 Å². The first kappa shape index (κ1) is 10.4. The Morgan fingerprint density at radius 2 is 2.20 bits per heavy atom. The molecule has 1 saturated carbocycles. The van der Waals surface area contributed by atoms with Gasteiger partial charge in [0.05, 0.1) is 17.3 Å². The summed E-state index contributed by atoms with van der Waals surface area (Å²) in [7, 11) is 0. The SMILES string of the molecule is C[C@]1(O)CC[C@@H]1Nc1cc(F)ccc1F. The molecule has 1 aliphatic rings. The average Bonchev–Trinajstić information content (AvgIpc) is 2.18. The molecule has 0 unspecified atom stereocenters. The largest absolute Gasteiger partial charge is 0.388 e. The quantitative estimate of drug-likeness (QED) is 0.790. The Hall–Kier alpha value is -1.16. The summed E-state index contributed by atoms with van der Waals surface area (Å²) in [5.41, 5.74) is -0.710. The van der Waals surface area contributed by atoms with E-state index >= 15 is 0 Å². The molecule has 0 spiro atoms. The van der Waals surface area contributed by atoms with E-state index in [9.17, 15) is 13.9 Å². The van der Waals surface area contributed by atoms with E-state index in [1.807, 2.05) is 0 Å². The molecular formula is C11H13F2NO. The standard InChI is InChI=1S/C11H13F2NO/c1-11(15)5-4-10(11)14-9-6-7(12)2-3-8(9)13/h2-3,6,10,14-15H,4-5H2,1H3/t10-,11-/m0/s1. The Kier molecular flexibility index (Phi) is 2.38. The fraction of sp³-hybridized carbons (Fsp3) is 0.455. The fourth-order valence-corrected chi connectivity index (χ4v) is 1.73. The van der Waals surface area contributed by atoms with Crippen LogP contribution in [0.25, 0.3) is 0 Å². The van der Waals surface area contributed by atoms with Gasteiger partial charge in [-0.25, -0.2) is 8.78 Å². The van der Waals surface area contributed by atoms with Gasteiger partial charge in [-0.1, -0.05) is 0 Å². The molecule has 1 aliphatic carbocycles. The van der Waals surface area contributed by atoms with E-state index in [4.69, 9.17) is 0 Å². The molecule has 2 rings (SSSR count). The van der Waals surface area contributed by atoms with Crippen LogP contribution in [-0.2, 0) is 0 Å². The first-order chi connectivity index (χ1) is 6.99. The third-order valence-electron chi connectivity index (χ3n) is 2.95. The number of aliphatic hydroxyl groups is 1. The molecule has 2 N–H and O–H groups in total. The first-order valence-corrected chi connectivity index (χ1v) is 4.93. The molecule has 0 radical (unpaired) electrons. The second-order valence-corrected chi connectivity index (χ2v) is 4.22. The van der Waals surface area contributed by atoms with E-state index in [2.05, 4.69) is 5.32 Å². The molecule has 0 saturated heterocycles. The fourth-order valence-electron chi connectivity index (χ4n) is 1.73. The summed E-state index contributed by atoms with van der Waals surface area (Å²) in [6.07, 6.45) is 1.45. The van der Waals surface area contributed by atoms with Crippen molar-refractivity contribution in [2.75, 3.05) is 5.32 Å². The maximum absolute atomic E-state index is 13.2. The number of nitrogens with one attached hydrogen (secondary N) is 1. The Balaban J connectivity index is 2.14. The van der Waals surface area contributed by atoms with Crippen molar-refractivity contribution in [1.29, 1.82) is 0 Å². The van der Waals surface area contributed by atoms with Crippen LogP contribution >= 0.6 is 0 Å². The number of benzene rings is 1. The van der Waals surface area contributed by atoms with Crippen molar-refractivity contribution in [2.45, 2.75) is 31.4 Å². The molecule has 0 bridgehead atoms. The highest BCUT2D eigenvalue weighted by Crippen LogP contribution is 2.34. The van der Waals surface area contributed by atoms with E-state index < -0.39 is 17.2 Å². The molecule has 15 heavy (non-hydrogen) atoms. The zero-order chi connectivity index (χ0) is 11.1. The van der Waals surface area contributed by atoms with Gasteiger partial charge in [0, 0.05) is 0 Å². The lowest BCUT2D eigenvalue weighted by atomic mass is 9.76. The number of rotatable bonds is 2. The van der Waals surface area contributed by atoms with Crippen molar-refractivity contribution in [3.63, 3.8) is 0 Å². The molecule has 2 atom stereocenters. The van der Waals surface area contributed by atoms with Crippen LogP contribution in [0.3, 0.4) is 0 Å². The molecule has 0 amide bonds. The normalized spacial score (nSPS) is 29.7. The van der Waals surface area contributed by atoms with E-state index in [0.29, 0.717) is 6.42 Å². The first-order valence-electron chi connectivity index (χ1n) is 4.93. The van der Waals surface area contributed by atoms with Crippen LogP contribution < -0.4 is 5.32 Å². The van der Waals surface area contributed by atoms with Gasteiger partial charge in [0.15, 0.2) is 0 Å². The Bertz CT molecular complexity index is 379. The summed E-state index contributed by atoms with van der Waals surface area (Å²) in [6, 6.07) is 3.04. The van der Waals surface area contributed by atoms with Crippen LogP contribution in [0.4, 0.5) is 14.5 Å². The minimum absolute atomic E-state index is 0.111. The molecule has 0 heterocycles. The maximum atomic E-state index is 13.2. The van der Waals surface area contributed by atoms with Crippen LogP contribution in [-0.4, -0.2) is 16.7 Å². The summed E-state index contributed by atoms with van der Waals surface area (Å²) in [4.78, 5) is 0. The predicted octanol–water partition coefficient (Wildman–Crippen LogP) is 2.29. The van der Waals surface area contributed by atoms with Gasteiger partial charge in [-0.15, -0.1) is 0 Å². The highest BCUT2D eigenvalue weighted by Gasteiger charge is 2.41. The summed E-state index contributed by atoms with van der Waals surface area (Å²) >= 11 is 0.